The van der Waals surface area contributed by atoms with Gasteiger partial charge in [-0.15, -0.1) is 10.2 Å². The number of benzene rings is 1. The molecule has 0 radical (unpaired) electrons. The molecular formula is C21H28FN5O. The Morgan fingerprint density at radius 2 is 1.89 bits per heavy atom. The van der Waals surface area contributed by atoms with Gasteiger partial charge in [0, 0.05) is 39.5 Å². The zero-order valence-corrected chi connectivity index (χ0v) is 16.5. The number of aromatic nitrogens is 3. The van der Waals surface area contributed by atoms with Gasteiger partial charge in [0.1, 0.15) is 11.6 Å². The molecule has 4 rings (SSSR count). The van der Waals surface area contributed by atoms with Crippen LogP contribution in [0.4, 0.5) is 10.3 Å². The minimum Gasteiger partial charge on any atom is -0.339 e. The van der Waals surface area contributed by atoms with Gasteiger partial charge in [-0.05, 0) is 23.6 Å². The van der Waals surface area contributed by atoms with Gasteiger partial charge < -0.3 is 9.80 Å². The molecule has 2 aromatic rings. The Hall–Kier alpha value is -2.44. The Kier molecular flexibility index (Phi) is 5.59. The molecule has 1 aliphatic heterocycles. The lowest BCUT2D eigenvalue weighted by Crippen LogP contribution is -2.48. The maximum atomic E-state index is 13.7. The lowest BCUT2D eigenvalue weighted by Gasteiger charge is -2.34. The molecule has 2 aliphatic rings. The standard InChI is InChI=1S/C21H28FN5O/c1-16(28)25-9-11-26(12-10-25)21-24-23-20(14-17-5-2-3-6-17)27(21)15-18-7-4-8-19(22)13-18/h4,7-8,13,17H,2-3,5-6,9-12,14-15H2,1H3. The predicted molar refractivity (Wildman–Crippen MR) is 106 cm³/mol. The molecule has 1 amide bonds. The second-order valence-electron chi connectivity index (χ2n) is 7.98. The number of halogens is 1. The molecule has 1 aromatic heterocycles. The van der Waals surface area contributed by atoms with Crippen LogP contribution in [0.25, 0.3) is 0 Å². The second-order valence-corrected chi connectivity index (χ2v) is 7.98. The summed E-state index contributed by atoms with van der Waals surface area (Å²) in [6, 6.07) is 6.74. The van der Waals surface area contributed by atoms with Gasteiger partial charge in [0.05, 0.1) is 6.54 Å². The molecule has 1 aromatic carbocycles. The number of amides is 1. The molecule has 1 saturated heterocycles. The number of hydrogen-bond donors (Lipinski definition) is 0. The summed E-state index contributed by atoms with van der Waals surface area (Å²) in [6.45, 7) is 5.05. The zero-order valence-electron chi connectivity index (χ0n) is 16.5. The molecule has 2 heterocycles. The van der Waals surface area contributed by atoms with Crippen molar-refractivity contribution < 1.29 is 9.18 Å². The first-order valence-electron chi connectivity index (χ1n) is 10.3. The van der Waals surface area contributed by atoms with Crippen molar-refractivity contribution in [2.75, 3.05) is 31.1 Å². The van der Waals surface area contributed by atoms with E-state index in [1.54, 1.807) is 19.1 Å². The Balaban J connectivity index is 1.58. The zero-order chi connectivity index (χ0) is 19.5. The molecule has 0 N–H and O–H groups in total. The van der Waals surface area contributed by atoms with E-state index in [0.29, 0.717) is 25.6 Å². The summed E-state index contributed by atoms with van der Waals surface area (Å²) in [4.78, 5) is 15.7. The highest BCUT2D eigenvalue weighted by atomic mass is 19.1. The molecule has 2 fully saturated rings. The molecule has 0 atom stereocenters. The maximum absolute atomic E-state index is 13.7. The van der Waals surface area contributed by atoms with Crippen LogP contribution in [-0.4, -0.2) is 51.8 Å². The molecule has 1 aliphatic carbocycles. The van der Waals surface area contributed by atoms with Crippen molar-refractivity contribution >= 4 is 11.9 Å². The van der Waals surface area contributed by atoms with Gasteiger partial charge in [0.25, 0.3) is 0 Å². The van der Waals surface area contributed by atoms with Gasteiger partial charge in [0.2, 0.25) is 11.9 Å². The number of hydrogen-bond acceptors (Lipinski definition) is 4. The van der Waals surface area contributed by atoms with Crippen LogP contribution in [0.5, 0.6) is 0 Å². The normalized spacial score (nSPS) is 18.1. The summed E-state index contributed by atoms with van der Waals surface area (Å²) in [5.41, 5.74) is 0.913. The van der Waals surface area contributed by atoms with Gasteiger partial charge >= 0.3 is 0 Å². The topological polar surface area (TPSA) is 54.3 Å². The number of piperazine rings is 1. The highest BCUT2D eigenvalue weighted by Gasteiger charge is 2.26. The van der Waals surface area contributed by atoms with E-state index in [9.17, 15) is 9.18 Å². The fourth-order valence-corrected chi connectivity index (χ4v) is 4.38. The van der Waals surface area contributed by atoms with Gasteiger partial charge in [0.15, 0.2) is 0 Å². The van der Waals surface area contributed by atoms with Crippen molar-refractivity contribution in [3.63, 3.8) is 0 Å². The van der Waals surface area contributed by atoms with Crippen LogP contribution < -0.4 is 4.90 Å². The first-order valence-corrected chi connectivity index (χ1v) is 10.3. The molecule has 28 heavy (non-hydrogen) atoms. The highest BCUT2D eigenvalue weighted by molar-refractivity contribution is 5.73. The monoisotopic (exact) mass is 385 g/mol. The van der Waals surface area contributed by atoms with Crippen LogP contribution in [0.1, 0.15) is 44.0 Å². The van der Waals surface area contributed by atoms with E-state index in [-0.39, 0.29) is 11.7 Å². The molecular weight excluding hydrogens is 357 g/mol. The Labute approximate surface area is 165 Å². The molecule has 7 heteroatoms. The number of rotatable bonds is 5. The van der Waals surface area contributed by atoms with Crippen LogP contribution in [0, 0.1) is 11.7 Å². The van der Waals surface area contributed by atoms with Crippen molar-refractivity contribution in [1.82, 2.24) is 19.7 Å². The van der Waals surface area contributed by atoms with Crippen molar-refractivity contribution in [2.24, 2.45) is 5.92 Å². The van der Waals surface area contributed by atoms with Crippen LogP contribution >= 0.6 is 0 Å². The van der Waals surface area contributed by atoms with Gasteiger partial charge in [-0.1, -0.05) is 37.8 Å². The van der Waals surface area contributed by atoms with Gasteiger partial charge in [-0.3, -0.25) is 9.36 Å². The molecule has 6 nitrogen and oxygen atoms in total. The summed E-state index contributed by atoms with van der Waals surface area (Å²) >= 11 is 0. The van der Waals surface area contributed by atoms with Crippen molar-refractivity contribution in [1.29, 1.82) is 0 Å². The van der Waals surface area contributed by atoms with Crippen LogP contribution in [0.15, 0.2) is 24.3 Å². The number of carbonyl (C=O) groups excluding carboxylic acids is 1. The summed E-state index contributed by atoms with van der Waals surface area (Å²) in [5.74, 6) is 2.38. The first-order chi connectivity index (χ1) is 13.6. The average molecular weight is 385 g/mol. The van der Waals surface area contributed by atoms with E-state index in [1.165, 1.54) is 31.7 Å². The Morgan fingerprint density at radius 1 is 1.14 bits per heavy atom. The van der Waals surface area contributed by atoms with Crippen molar-refractivity contribution in [3.8, 4) is 0 Å². The molecule has 0 unspecified atom stereocenters. The summed E-state index contributed by atoms with van der Waals surface area (Å²) in [7, 11) is 0. The Morgan fingerprint density at radius 3 is 2.57 bits per heavy atom. The van der Waals surface area contributed by atoms with E-state index in [1.807, 2.05) is 11.0 Å². The number of anilines is 1. The summed E-state index contributed by atoms with van der Waals surface area (Å²) in [5, 5.41) is 9.04. The van der Waals surface area contributed by atoms with E-state index in [4.69, 9.17) is 0 Å². The fraction of sp³-hybridized carbons (Fsp3) is 0.571. The number of carbonyl (C=O) groups is 1. The Bertz CT molecular complexity index is 822. The lowest BCUT2D eigenvalue weighted by molar-refractivity contribution is -0.129. The van der Waals surface area contributed by atoms with Crippen molar-refractivity contribution in [3.05, 3.63) is 41.5 Å². The van der Waals surface area contributed by atoms with E-state index < -0.39 is 0 Å². The van der Waals surface area contributed by atoms with E-state index in [0.717, 1.165) is 36.8 Å². The third-order valence-electron chi connectivity index (χ3n) is 5.99. The van der Waals surface area contributed by atoms with Crippen LogP contribution in [0.2, 0.25) is 0 Å². The van der Waals surface area contributed by atoms with Gasteiger partial charge in [-0.2, -0.15) is 0 Å². The third kappa shape index (κ3) is 4.18. The first kappa shape index (κ1) is 18.9. The smallest absolute Gasteiger partial charge is 0.227 e. The SMILES string of the molecule is CC(=O)N1CCN(c2nnc(CC3CCCC3)n2Cc2cccc(F)c2)CC1. The van der Waals surface area contributed by atoms with Crippen LogP contribution in [0.3, 0.4) is 0 Å². The molecule has 1 saturated carbocycles. The van der Waals surface area contributed by atoms with E-state index >= 15 is 0 Å². The second kappa shape index (κ2) is 8.29. The summed E-state index contributed by atoms with van der Waals surface area (Å²) in [6.07, 6.45) is 6.01. The van der Waals surface area contributed by atoms with Gasteiger partial charge in [-0.25, -0.2) is 4.39 Å². The largest absolute Gasteiger partial charge is 0.339 e. The minimum absolute atomic E-state index is 0.114. The molecule has 0 spiro atoms. The van der Waals surface area contributed by atoms with Crippen LogP contribution in [-0.2, 0) is 17.8 Å². The molecule has 0 bridgehead atoms. The predicted octanol–water partition coefficient (Wildman–Crippen LogP) is 2.87. The quantitative estimate of drug-likeness (QED) is 0.794. The van der Waals surface area contributed by atoms with E-state index in [2.05, 4.69) is 19.7 Å². The summed E-state index contributed by atoms with van der Waals surface area (Å²) < 4.78 is 15.9. The third-order valence-corrected chi connectivity index (χ3v) is 5.99. The fourth-order valence-electron chi connectivity index (χ4n) is 4.38. The average Bonchev–Trinajstić information content (AvgIpc) is 3.33. The highest BCUT2D eigenvalue weighted by Crippen LogP contribution is 2.29. The molecule has 150 valence electrons. The minimum atomic E-state index is -0.223. The number of nitrogens with zero attached hydrogens (tertiary/aromatic N) is 5. The maximum Gasteiger partial charge on any atom is 0.227 e. The van der Waals surface area contributed by atoms with Crippen molar-refractivity contribution in [2.45, 2.75) is 45.6 Å². The lowest BCUT2D eigenvalue weighted by atomic mass is 10.0.